The van der Waals surface area contributed by atoms with Gasteiger partial charge >= 0.3 is 5.97 Å². The molecule has 0 radical (unpaired) electrons. The van der Waals surface area contributed by atoms with Crippen molar-refractivity contribution in [2.75, 3.05) is 14.2 Å². The second-order valence-corrected chi connectivity index (χ2v) is 6.20. The summed E-state index contributed by atoms with van der Waals surface area (Å²) in [6.45, 7) is 8.65. The van der Waals surface area contributed by atoms with Gasteiger partial charge in [-0.05, 0) is 67.6 Å². The van der Waals surface area contributed by atoms with E-state index < -0.39 is 0 Å². The second-order valence-electron chi connectivity index (χ2n) is 6.20. The maximum atomic E-state index is 11.8. The minimum atomic E-state index is -0.264. The molecule has 0 bridgehead atoms. The van der Waals surface area contributed by atoms with E-state index in [1.807, 2.05) is 38.1 Å². The van der Waals surface area contributed by atoms with Crippen LogP contribution in [-0.2, 0) is 22.6 Å². The van der Waals surface area contributed by atoms with Crippen molar-refractivity contribution in [3.8, 4) is 11.5 Å². The van der Waals surface area contributed by atoms with Gasteiger partial charge in [-0.2, -0.15) is 0 Å². The van der Waals surface area contributed by atoms with E-state index in [1.54, 1.807) is 7.11 Å². The minimum absolute atomic E-state index is 0.211. The number of methoxy groups -OCH3 is 2. The van der Waals surface area contributed by atoms with Gasteiger partial charge in [0.15, 0.2) is 0 Å². The van der Waals surface area contributed by atoms with Crippen LogP contribution in [0.5, 0.6) is 11.5 Å². The highest BCUT2D eigenvalue weighted by Gasteiger charge is 2.19. The first kappa shape index (κ1) is 18.8. The lowest BCUT2D eigenvalue weighted by molar-refractivity contribution is -0.139. The number of hydrogen-bond acceptors (Lipinski definition) is 4. The fraction of sp³-hybridized carbons (Fsp3) is 0.381. The normalized spacial score (nSPS) is 10.5. The van der Waals surface area contributed by atoms with Crippen LogP contribution in [-0.4, -0.2) is 20.2 Å². The van der Waals surface area contributed by atoms with Gasteiger partial charge in [-0.15, -0.1) is 0 Å². The Bertz CT molecular complexity index is 761. The molecule has 0 fully saturated rings. The summed E-state index contributed by atoms with van der Waals surface area (Å²) in [5, 5.41) is 0. The number of ether oxygens (including phenoxy) is 3. The zero-order valence-corrected chi connectivity index (χ0v) is 15.9. The van der Waals surface area contributed by atoms with Gasteiger partial charge in [0.1, 0.15) is 18.1 Å². The average Bonchev–Trinajstić information content (AvgIpc) is 2.64. The van der Waals surface area contributed by atoms with E-state index in [0.717, 1.165) is 33.8 Å². The van der Waals surface area contributed by atoms with Gasteiger partial charge in [-0.3, -0.25) is 4.79 Å². The van der Waals surface area contributed by atoms with E-state index in [4.69, 9.17) is 14.2 Å². The molecule has 0 aliphatic heterocycles. The van der Waals surface area contributed by atoms with Gasteiger partial charge in [0, 0.05) is 5.56 Å². The van der Waals surface area contributed by atoms with Crippen molar-refractivity contribution in [3.63, 3.8) is 0 Å². The molecule has 0 aromatic heterocycles. The van der Waals surface area contributed by atoms with Crippen LogP contribution < -0.4 is 9.47 Å². The average molecular weight is 342 g/mol. The molecule has 4 nitrogen and oxygen atoms in total. The lowest BCUT2D eigenvalue weighted by Crippen LogP contribution is -2.11. The molecule has 0 saturated carbocycles. The molecule has 0 spiro atoms. The van der Waals surface area contributed by atoms with Crippen LogP contribution in [0, 0.1) is 27.7 Å². The summed E-state index contributed by atoms with van der Waals surface area (Å²) in [5.41, 5.74) is 6.47. The summed E-state index contributed by atoms with van der Waals surface area (Å²) in [5.74, 6) is 1.33. The molecule has 0 atom stereocenters. The van der Waals surface area contributed by atoms with E-state index in [0.29, 0.717) is 6.61 Å². The van der Waals surface area contributed by atoms with Crippen molar-refractivity contribution >= 4 is 5.97 Å². The van der Waals surface area contributed by atoms with Crippen molar-refractivity contribution in [2.24, 2.45) is 0 Å². The van der Waals surface area contributed by atoms with Crippen molar-refractivity contribution in [2.45, 2.75) is 40.7 Å². The fourth-order valence-corrected chi connectivity index (χ4v) is 2.86. The highest BCUT2D eigenvalue weighted by Crippen LogP contribution is 2.34. The summed E-state index contributed by atoms with van der Waals surface area (Å²) in [7, 11) is 3.05. The predicted molar refractivity (Wildman–Crippen MR) is 98.4 cm³/mol. The molecule has 2 aromatic rings. The topological polar surface area (TPSA) is 44.8 Å². The molecule has 134 valence electrons. The van der Waals surface area contributed by atoms with Crippen LogP contribution in [0.25, 0.3) is 0 Å². The van der Waals surface area contributed by atoms with Crippen LogP contribution in [0.2, 0.25) is 0 Å². The number of carbonyl (C=O) groups excluding carboxylic acids is 1. The Labute approximate surface area is 149 Å². The molecule has 0 saturated heterocycles. The number of hydrogen-bond donors (Lipinski definition) is 0. The van der Waals surface area contributed by atoms with Crippen molar-refractivity contribution in [1.29, 1.82) is 0 Å². The molecular weight excluding hydrogens is 316 g/mol. The first-order valence-electron chi connectivity index (χ1n) is 8.30. The van der Waals surface area contributed by atoms with Gasteiger partial charge in [-0.1, -0.05) is 12.1 Å². The maximum absolute atomic E-state index is 11.8. The molecule has 2 aromatic carbocycles. The lowest BCUT2D eigenvalue weighted by Gasteiger charge is -2.21. The van der Waals surface area contributed by atoms with Crippen LogP contribution in [0.1, 0.15) is 33.4 Å². The third-order valence-corrected chi connectivity index (χ3v) is 4.85. The molecule has 0 heterocycles. The molecular formula is C21H26O4. The minimum Gasteiger partial charge on any atom is -0.497 e. The van der Waals surface area contributed by atoms with Crippen molar-refractivity contribution < 1.29 is 19.0 Å². The van der Waals surface area contributed by atoms with Gasteiger partial charge in [0.05, 0.1) is 20.6 Å². The second kappa shape index (κ2) is 8.06. The number of carbonyl (C=O) groups is 1. The summed E-state index contributed by atoms with van der Waals surface area (Å²) in [6.07, 6.45) is 0.211. The SMILES string of the molecule is COC(=O)Cc1c(C)c(C)c(C)c(C)c1OCc1ccc(OC)cc1. The fourth-order valence-electron chi connectivity index (χ4n) is 2.86. The Balaban J connectivity index is 2.35. The zero-order chi connectivity index (χ0) is 18.6. The standard InChI is InChI=1S/C21H26O4/c1-13-14(2)16(4)21(19(15(13)3)11-20(22)24-6)25-12-17-7-9-18(23-5)10-8-17/h7-10H,11-12H2,1-6H3. The Hall–Kier alpha value is -2.49. The third-order valence-electron chi connectivity index (χ3n) is 4.85. The third kappa shape index (κ3) is 4.13. The molecule has 2 rings (SSSR count). The monoisotopic (exact) mass is 342 g/mol. The van der Waals surface area contributed by atoms with Crippen LogP contribution in [0.3, 0.4) is 0 Å². The highest BCUT2D eigenvalue weighted by atomic mass is 16.5. The largest absolute Gasteiger partial charge is 0.497 e. The molecule has 0 aliphatic carbocycles. The van der Waals surface area contributed by atoms with Gasteiger partial charge < -0.3 is 14.2 Å². The van der Waals surface area contributed by atoms with Crippen molar-refractivity contribution in [1.82, 2.24) is 0 Å². The van der Waals surface area contributed by atoms with E-state index in [9.17, 15) is 4.79 Å². The van der Waals surface area contributed by atoms with Gasteiger partial charge in [0.25, 0.3) is 0 Å². The Morgan fingerprint density at radius 3 is 2.04 bits per heavy atom. The van der Waals surface area contributed by atoms with Gasteiger partial charge in [0.2, 0.25) is 0 Å². The number of esters is 1. The van der Waals surface area contributed by atoms with Gasteiger partial charge in [-0.25, -0.2) is 0 Å². The molecule has 4 heteroatoms. The van der Waals surface area contributed by atoms with E-state index in [1.165, 1.54) is 18.2 Å². The summed E-state index contributed by atoms with van der Waals surface area (Å²) >= 11 is 0. The quantitative estimate of drug-likeness (QED) is 0.737. The van der Waals surface area contributed by atoms with Crippen molar-refractivity contribution in [3.05, 3.63) is 57.6 Å². The van der Waals surface area contributed by atoms with E-state index >= 15 is 0 Å². The predicted octanol–water partition coefficient (Wildman–Crippen LogP) is 4.22. The Morgan fingerprint density at radius 2 is 1.48 bits per heavy atom. The molecule has 0 aliphatic rings. The zero-order valence-electron chi connectivity index (χ0n) is 15.9. The summed E-state index contributed by atoms with van der Waals surface area (Å²) in [4.78, 5) is 11.8. The molecule has 0 unspecified atom stereocenters. The lowest BCUT2D eigenvalue weighted by atomic mass is 9.91. The van der Waals surface area contributed by atoms with Crippen LogP contribution in [0.4, 0.5) is 0 Å². The summed E-state index contributed by atoms with van der Waals surface area (Å²) < 4.78 is 16.2. The Kier molecular flexibility index (Phi) is 6.07. The number of rotatable bonds is 6. The summed E-state index contributed by atoms with van der Waals surface area (Å²) in [6, 6.07) is 7.77. The molecule has 0 N–H and O–H groups in total. The first-order valence-corrected chi connectivity index (χ1v) is 8.30. The van der Waals surface area contributed by atoms with Crippen LogP contribution >= 0.6 is 0 Å². The smallest absolute Gasteiger partial charge is 0.310 e. The molecule has 0 amide bonds. The van der Waals surface area contributed by atoms with E-state index in [2.05, 4.69) is 13.8 Å². The maximum Gasteiger partial charge on any atom is 0.310 e. The van der Waals surface area contributed by atoms with Crippen LogP contribution in [0.15, 0.2) is 24.3 Å². The highest BCUT2D eigenvalue weighted by molar-refractivity contribution is 5.75. The molecule has 25 heavy (non-hydrogen) atoms. The van der Waals surface area contributed by atoms with E-state index in [-0.39, 0.29) is 12.4 Å². The number of benzene rings is 2. The first-order chi connectivity index (χ1) is 11.9. The Morgan fingerprint density at radius 1 is 0.880 bits per heavy atom.